The summed E-state index contributed by atoms with van der Waals surface area (Å²) in [6.07, 6.45) is 3.90. The van der Waals surface area contributed by atoms with Crippen LogP contribution in [0.25, 0.3) is 0 Å². The average Bonchev–Trinajstić information content (AvgIpc) is 3.50. The zero-order valence-corrected chi connectivity index (χ0v) is 23.4. The number of Topliss-reactive ketones (excluding diaryl/α,β-unsaturated/α-hetero) is 1. The Hall–Kier alpha value is -4.17. The lowest BCUT2D eigenvalue weighted by molar-refractivity contribution is -0.118. The van der Waals surface area contributed by atoms with Crippen LogP contribution in [0.2, 0.25) is 0 Å². The van der Waals surface area contributed by atoms with Crippen molar-refractivity contribution < 1.29 is 28.6 Å². The van der Waals surface area contributed by atoms with Crippen molar-refractivity contribution in [2.45, 2.75) is 52.2 Å². The van der Waals surface area contributed by atoms with Crippen LogP contribution in [0.15, 0.2) is 78.0 Å². The quantitative estimate of drug-likeness (QED) is 0.268. The van der Waals surface area contributed by atoms with E-state index in [1.807, 2.05) is 44.2 Å². The zero-order chi connectivity index (χ0) is 29.0. The summed E-state index contributed by atoms with van der Waals surface area (Å²) in [6, 6.07) is 17.8. The molecule has 214 valence electrons. The molecule has 0 unspecified atom stereocenters. The summed E-state index contributed by atoms with van der Waals surface area (Å²) in [6.45, 7) is 6.25. The second-order valence-corrected chi connectivity index (χ2v) is 11.3. The Morgan fingerprint density at radius 3 is 2.49 bits per heavy atom. The molecule has 1 aliphatic carbocycles. The molecule has 0 bridgehead atoms. The first-order chi connectivity index (χ1) is 19.8. The van der Waals surface area contributed by atoms with Crippen LogP contribution in [0.3, 0.4) is 0 Å². The third-order valence-corrected chi connectivity index (χ3v) is 7.50. The van der Waals surface area contributed by atoms with Crippen LogP contribution in [0.5, 0.6) is 11.5 Å². The number of nitrogens with zero attached hydrogens (tertiary/aromatic N) is 1. The van der Waals surface area contributed by atoms with Gasteiger partial charge in [0.05, 0.1) is 11.7 Å². The maximum absolute atomic E-state index is 15.7. The molecule has 1 amide bonds. The smallest absolute Gasteiger partial charge is 0.215 e. The average molecular weight is 559 g/mol. The van der Waals surface area contributed by atoms with E-state index in [4.69, 9.17) is 9.47 Å². The second kappa shape index (κ2) is 12.1. The van der Waals surface area contributed by atoms with Crippen molar-refractivity contribution in [2.75, 3.05) is 23.4 Å². The standard InChI is InChI=1S/C29H27FN2O4.C4H8O/c1-29(2)14-22-26(25(35)15-29)28(32(17-33)23-9-6-10-24(34)27(23)31-22)20-12-11-19(13-21(20)30)36-16-18-7-4-3-5-8-18;1-2-4-5-3-1/h3-13,17,28,31,34H,14-16H2,1-2H3;1-4H2/t28-;/m0./s1. The van der Waals surface area contributed by atoms with E-state index in [2.05, 4.69) is 5.32 Å². The van der Waals surface area contributed by atoms with Crippen LogP contribution in [0.1, 0.15) is 56.7 Å². The largest absolute Gasteiger partial charge is 0.506 e. The minimum absolute atomic E-state index is 0.0622. The monoisotopic (exact) mass is 558 g/mol. The van der Waals surface area contributed by atoms with Gasteiger partial charge in [-0.15, -0.1) is 0 Å². The molecule has 0 spiro atoms. The van der Waals surface area contributed by atoms with E-state index in [0.717, 1.165) is 18.8 Å². The molecule has 3 aliphatic rings. The van der Waals surface area contributed by atoms with Gasteiger partial charge >= 0.3 is 0 Å². The van der Waals surface area contributed by atoms with Gasteiger partial charge in [0.15, 0.2) is 5.78 Å². The molecule has 2 heterocycles. The number of anilines is 2. The Bertz CT molecular complexity index is 1440. The number of nitrogens with one attached hydrogen (secondary N) is 1. The number of para-hydroxylation sites is 1. The number of rotatable bonds is 5. The highest BCUT2D eigenvalue weighted by molar-refractivity contribution is 6.03. The Balaban J connectivity index is 0.000000610. The number of ether oxygens (including phenoxy) is 2. The first-order valence-electron chi connectivity index (χ1n) is 13.9. The Labute approximate surface area is 239 Å². The second-order valence-electron chi connectivity index (χ2n) is 11.3. The molecule has 2 aliphatic heterocycles. The van der Waals surface area contributed by atoms with Crippen LogP contribution in [-0.2, 0) is 20.9 Å². The van der Waals surface area contributed by atoms with E-state index in [9.17, 15) is 14.7 Å². The molecule has 8 heteroatoms. The van der Waals surface area contributed by atoms with E-state index >= 15 is 4.39 Å². The molecular weight excluding hydrogens is 523 g/mol. The van der Waals surface area contributed by atoms with E-state index < -0.39 is 11.9 Å². The lowest BCUT2D eigenvalue weighted by Gasteiger charge is -2.36. The number of benzene rings is 3. The van der Waals surface area contributed by atoms with Gasteiger partial charge in [-0.05, 0) is 54.5 Å². The highest BCUT2D eigenvalue weighted by Gasteiger charge is 2.42. The van der Waals surface area contributed by atoms with Crippen LogP contribution in [-0.4, -0.2) is 30.5 Å². The Kier molecular flexibility index (Phi) is 8.40. The van der Waals surface area contributed by atoms with Crippen molar-refractivity contribution in [3.05, 3.63) is 94.9 Å². The van der Waals surface area contributed by atoms with Gasteiger partial charge in [-0.1, -0.05) is 50.2 Å². The van der Waals surface area contributed by atoms with Gasteiger partial charge in [0.1, 0.15) is 29.6 Å². The van der Waals surface area contributed by atoms with E-state index in [1.165, 1.54) is 29.9 Å². The summed E-state index contributed by atoms with van der Waals surface area (Å²) in [5, 5.41) is 13.8. The predicted molar refractivity (Wildman–Crippen MR) is 155 cm³/mol. The number of halogens is 1. The summed E-state index contributed by atoms with van der Waals surface area (Å²) < 4.78 is 26.4. The van der Waals surface area contributed by atoms with Crippen LogP contribution in [0.4, 0.5) is 15.8 Å². The number of carbonyl (C=O) groups is 2. The number of amides is 1. The maximum Gasteiger partial charge on any atom is 0.215 e. The van der Waals surface area contributed by atoms with Gasteiger partial charge in [-0.2, -0.15) is 0 Å². The third kappa shape index (κ3) is 6.28. The fraction of sp³-hybridized carbons (Fsp3) is 0.333. The molecule has 1 saturated heterocycles. The molecule has 0 aromatic heterocycles. The number of phenolic OH excluding ortho intramolecular Hbond substituents is 1. The number of phenols is 1. The van der Waals surface area contributed by atoms with Crippen LogP contribution in [0, 0.1) is 11.2 Å². The number of fused-ring (bicyclic) bond motifs is 1. The van der Waals surface area contributed by atoms with Crippen molar-refractivity contribution in [3.63, 3.8) is 0 Å². The molecule has 41 heavy (non-hydrogen) atoms. The molecule has 6 rings (SSSR count). The molecule has 0 radical (unpaired) electrons. The highest BCUT2D eigenvalue weighted by Crippen LogP contribution is 2.50. The summed E-state index contributed by atoms with van der Waals surface area (Å²) in [5.41, 5.74) is 2.37. The van der Waals surface area contributed by atoms with Crippen molar-refractivity contribution in [2.24, 2.45) is 5.41 Å². The van der Waals surface area contributed by atoms with Crippen molar-refractivity contribution >= 4 is 23.6 Å². The summed E-state index contributed by atoms with van der Waals surface area (Å²) >= 11 is 0. The highest BCUT2D eigenvalue weighted by atomic mass is 19.1. The van der Waals surface area contributed by atoms with E-state index in [-0.39, 0.29) is 35.5 Å². The molecular formula is C33H35FN2O5. The molecule has 3 aromatic rings. The topological polar surface area (TPSA) is 88.1 Å². The van der Waals surface area contributed by atoms with Gasteiger partial charge in [-0.25, -0.2) is 4.39 Å². The molecule has 2 N–H and O–H groups in total. The molecule has 3 aromatic carbocycles. The van der Waals surface area contributed by atoms with Gasteiger partial charge in [0.25, 0.3) is 0 Å². The molecule has 1 fully saturated rings. The molecule has 7 nitrogen and oxygen atoms in total. The van der Waals surface area contributed by atoms with Gasteiger partial charge < -0.3 is 24.8 Å². The zero-order valence-electron chi connectivity index (χ0n) is 23.4. The normalized spacial score (nSPS) is 19.2. The molecule has 1 atom stereocenters. The number of ketones is 1. The third-order valence-electron chi connectivity index (χ3n) is 7.50. The van der Waals surface area contributed by atoms with E-state index in [0.29, 0.717) is 41.2 Å². The first kappa shape index (κ1) is 28.4. The van der Waals surface area contributed by atoms with Crippen LogP contribution >= 0.6 is 0 Å². The van der Waals surface area contributed by atoms with Gasteiger partial charge in [0, 0.05) is 42.5 Å². The first-order valence-corrected chi connectivity index (χ1v) is 13.9. The number of hydrogen-bond acceptors (Lipinski definition) is 6. The number of aromatic hydroxyl groups is 1. The fourth-order valence-electron chi connectivity index (χ4n) is 5.56. The summed E-state index contributed by atoms with van der Waals surface area (Å²) in [7, 11) is 0. The van der Waals surface area contributed by atoms with Crippen molar-refractivity contribution in [1.82, 2.24) is 0 Å². The van der Waals surface area contributed by atoms with E-state index in [1.54, 1.807) is 24.3 Å². The summed E-state index contributed by atoms with van der Waals surface area (Å²) in [4.78, 5) is 27.2. The lowest BCUT2D eigenvalue weighted by atomic mass is 9.73. The van der Waals surface area contributed by atoms with Crippen molar-refractivity contribution in [3.8, 4) is 11.5 Å². The summed E-state index contributed by atoms with van der Waals surface area (Å²) in [5.74, 6) is -0.479. The molecule has 0 saturated carbocycles. The number of carbonyl (C=O) groups excluding carboxylic acids is 2. The van der Waals surface area contributed by atoms with Gasteiger partial charge in [0.2, 0.25) is 6.41 Å². The van der Waals surface area contributed by atoms with Crippen LogP contribution < -0.4 is 15.0 Å². The minimum Gasteiger partial charge on any atom is -0.506 e. The van der Waals surface area contributed by atoms with Crippen molar-refractivity contribution in [1.29, 1.82) is 0 Å². The SMILES string of the molecule is C1CCOC1.CC1(C)CC(=O)C2=C(C1)Nc1c(O)cccc1N(C=O)[C@H]2c1ccc(OCc2ccccc2)cc1F. The minimum atomic E-state index is -1.00. The van der Waals surface area contributed by atoms with Gasteiger partial charge in [-0.3, -0.25) is 9.59 Å². The lowest BCUT2D eigenvalue weighted by Crippen LogP contribution is -2.36. The Morgan fingerprint density at radius 2 is 1.83 bits per heavy atom. The Morgan fingerprint density at radius 1 is 1.07 bits per heavy atom. The fourth-order valence-corrected chi connectivity index (χ4v) is 5.56. The maximum atomic E-state index is 15.7. The predicted octanol–water partition coefficient (Wildman–Crippen LogP) is 6.68. The number of allylic oxidation sites excluding steroid dienone is 1. The number of hydrogen-bond donors (Lipinski definition) is 2.